The van der Waals surface area contributed by atoms with Crippen molar-refractivity contribution in [1.82, 2.24) is 9.62 Å². The molecule has 0 radical (unpaired) electrons. The molecule has 0 aromatic heterocycles. The first kappa shape index (κ1) is 27.3. The van der Waals surface area contributed by atoms with Crippen molar-refractivity contribution < 1.29 is 32.4 Å². The molecule has 0 unspecified atom stereocenters. The number of benzene rings is 1. The number of sulfonamides is 1. The lowest BCUT2D eigenvalue weighted by molar-refractivity contribution is -0.387. The number of nitrogens with zero attached hydrogens (tertiary/aromatic N) is 2. The highest BCUT2D eigenvalue weighted by Gasteiger charge is 2.27. The molecule has 1 aromatic carbocycles. The number of carbonyl (C=O) groups is 2. The number of nitro benzene ring substituents is 1. The molecule has 1 rings (SSSR count). The van der Waals surface area contributed by atoms with E-state index >= 15 is 0 Å². The molecule has 0 spiro atoms. The maximum absolute atomic E-state index is 12.5. The maximum atomic E-state index is 12.5. The number of ether oxygens (including phenoxy) is 2. The van der Waals surface area contributed by atoms with E-state index < -0.39 is 48.8 Å². The molecule has 1 aromatic rings. The first-order valence-corrected chi connectivity index (χ1v) is 11.4. The highest BCUT2D eigenvalue weighted by Crippen LogP contribution is 2.22. The van der Waals surface area contributed by atoms with Crippen LogP contribution in [0.4, 0.5) is 10.5 Å². The number of amides is 1. The van der Waals surface area contributed by atoms with Gasteiger partial charge in [-0.15, -0.1) is 0 Å². The molecule has 0 aliphatic heterocycles. The van der Waals surface area contributed by atoms with Gasteiger partial charge in [-0.1, -0.05) is 12.1 Å². The smallest absolute Gasteiger partial charge is 0.410 e. The van der Waals surface area contributed by atoms with Crippen LogP contribution in [-0.2, 0) is 24.3 Å². The van der Waals surface area contributed by atoms with Gasteiger partial charge in [0.15, 0.2) is 4.90 Å². The topological polar surface area (TPSA) is 145 Å². The number of nitrogens with one attached hydrogen (secondary N) is 1. The third-order valence-electron chi connectivity index (χ3n) is 3.64. The normalized spacial score (nSPS) is 12.2. The highest BCUT2D eigenvalue weighted by atomic mass is 32.2. The number of para-hydroxylation sites is 1. The largest absolute Gasteiger partial charge is 0.459 e. The van der Waals surface area contributed by atoms with Crippen LogP contribution < -0.4 is 4.72 Å². The Morgan fingerprint density at radius 3 is 2.16 bits per heavy atom. The summed E-state index contributed by atoms with van der Waals surface area (Å²) in [6.45, 7) is 9.62. The van der Waals surface area contributed by atoms with Crippen molar-refractivity contribution in [2.45, 2.75) is 64.1 Å². The molecule has 0 saturated carbocycles. The molecule has 0 aliphatic rings. The van der Waals surface area contributed by atoms with E-state index in [1.54, 1.807) is 41.5 Å². The van der Waals surface area contributed by atoms with E-state index in [9.17, 15) is 28.1 Å². The Labute approximate surface area is 188 Å². The van der Waals surface area contributed by atoms with Gasteiger partial charge >= 0.3 is 12.1 Å². The van der Waals surface area contributed by atoms with Gasteiger partial charge in [0, 0.05) is 19.2 Å². The van der Waals surface area contributed by atoms with E-state index in [-0.39, 0.29) is 26.1 Å². The predicted molar refractivity (Wildman–Crippen MR) is 117 cm³/mol. The number of carbonyl (C=O) groups excluding carboxylic acids is 2. The average Bonchev–Trinajstić information content (AvgIpc) is 2.61. The second-order valence-corrected chi connectivity index (χ2v) is 10.7. The lowest BCUT2D eigenvalue weighted by atomic mass is 10.2. The molecule has 0 aliphatic carbocycles. The number of hydrogen-bond donors (Lipinski definition) is 1. The van der Waals surface area contributed by atoms with Crippen LogP contribution in [0.25, 0.3) is 0 Å². The van der Waals surface area contributed by atoms with Gasteiger partial charge in [-0.25, -0.2) is 17.9 Å². The van der Waals surface area contributed by atoms with Crippen LogP contribution in [0, 0.1) is 10.1 Å². The Morgan fingerprint density at radius 1 is 1.06 bits per heavy atom. The van der Waals surface area contributed by atoms with Gasteiger partial charge in [0.2, 0.25) is 10.0 Å². The minimum Gasteiger partial charge on any atom is -0.459 e. The maximum Gasteiger partial charge on any atom is 0.410 e. The lowest BCUT2D eigenvalue weighted by Gasteiger charge is -2.28. The van der Waals surface area contributed by atoms with Gasteiger partial charge < -0.3 is 9.47 Å². The van der Waals surface area contributed by atoms with Gasteiger partial charge in [0.25, 0.3) is 5.69 Å². The van der Waals surface area contributed by atoms with Crippen molar-refractivity contribution in [2.24, 2.45) is 0 Å². The summed E-state index contributed by atoms with van der Waals surface area (Å²) in [7, 11) is -4.15. The molecule has 0 atom stereocenters. The van der Waals surface area contributed by atoms with Crippen LogP contribution in [0.1, 0.15) is 48.0 Å². The van der Waals surface area contributed by atoms with E-state index in [4.69, 9.17) is 9.47 Å². The van der Waals surface area contributed by atoms with Crippen molar-refractivity contribution in [3.63, 3.8) is 0 Å². The molecular weight excluding hydrogens is 442 g/mol. The molecule has 0 saturated heterocycles. The predicted octanol–water partition coefficient (Wildman–Crippen LogP) is 2.84. The molecule has 1 amide bonds. The van der Waals surface area contributed by atoms with E-state index in [0.29, 0.717) is 0 Å². The fourth-order valence-corrected chi connectivity index (χ4v) is 3.72. The van der Waals surface area contributed by atoms with Gasteiger partial charge in [-0.2, -0.15) is 0 Å². The zero-order valence-corrected chi connectivity index (χ0v) is 20.0. The number of nitro groups is 1. The Kier molecular flexibility index (Phi) is 9.15. The molecule has 0 bridgehead atoms. The molecule has 11 nitrogen and oxygen atoms in total. The summed E-state index contributed by atoms with van der Waals surface area (Å²) >= 11 is 0. The van der Waals surface area contributed by atoms with Crippen molar-refractivity contribution in [1.29, 1.82) is 0 Å². The summed E-state index contributed by atoms with van der Waals surface area (Å²) in [6.07, 6.45) is -0.619. The molecule has 180 valence electrons. The Balaban J connectivity index is 2.82. The molecule has 0 heterocycles. The summed E-state index contributed by atoms with van der Waals surface area (Å²) in [4.78, 5) is 35.6. The molecular formula is C20H31N3O8S. The van der Waals surface area contributed by atoms with Gasteiger partial charge in [0.1, 0.15) is 17.7 Å². The van der Waals surface area contributed by atoms with Gasteiger partial charge in [-0.05, 0) is 54.0 Å². The zero-order valence-electron chi connectivity index (χ0n) is 19.2. The zero-order chi connectivity index (χ0) is 24.7. The van der Waals surface area contributed by atoms with Crippen LogP contribution in [0.3, 0.4) is 0 Å². The quantitative estimate of drug-likeness (QED) is 0.249. The molecule has 0 fully saturated rings. The third kappa shape index (κ3) is 9.60. The monoisotopic (exact) mass is 473 g/mol. The average molecular weight is 474 g/mol. The fourth-order valence-electron chi connectivity index (χ4n) is 2.48. The van der Waals surface area contributed by atoms with E-state index in [1.165, 1.54) is 12.1 Å². The Bertz CT molecular complexity index is 933. The number of esters is 1. The summed E-state index contributed by atoms with van der Waals surface area (Å²) in [6, 6.07) is 4.98. The Hall–Kier alpha value is -2.73. The minimum absolute atomic E-state index is 0.00639. The van der Waals surface area contributed by atoms with Crippen molar-refractivity contribution in [2.75, 3.05) is 19.6 Å². The third-order valence-corrected chi connectivity index (χ3v) is 5.15. The van der Waals surface area contributed by atoms with Gasteiger partial charge in [-0.3, -0.25) is 19.8 Å². The number of rotatable bonds is 9. The Morgan fingerprint density at radius 2 is 1.62 bits per heavy atom. The number of hydrogen-bond acceptors (Lipinski definition) is 8. The second kappa shape index (κ2) is 10.7. The van der Waals surface area contributed by atoms with Crippen molar-refractivity contribution >= 4 is 27.8 Å². The molecule has 32 heavy (non-hydrogen) atoms. The molecule has 1 N–H and O–H groups in total. The van der Waals surface area contributed by atoms with Gasteiger partial charge in [0.05, 0.1) is 4.92 Å². The van der Waals surface area contributed by atoms with E-state index in [2.05, 4.69) is 4.72 Å². The van der Waals surface area contributed by atoms with E-state index in [1.807, 2.05) is 0 Å². The fraction of sp³-hybridized carbons (Fsp3) is 0.600. The standard InChI is InChI=1S/C20H31N3O8S/c1-19(2,3)30-17(24)14-22(18(25)31-20(4,5)6)13-9-12-21-32(28,29)16-11-8-7-10-15(16)23(26)27/h7-8,10-11,21H,9,12-14H2,1-6H3. The molecule has 12 heteroatoms. The van der Waals surface area contributed by atoms with Crippen molar-refractivity contribution in [3.05, 3.63) is 34.4 Å². The van der Waals surface area contributed by atoms with Crippen LogP contribution in [0.5, 0.6) is 0 Å². The van der Waals surface area contributed by atoms with Crippen LogP contribution in [-0.4, -0.2) is 61.1 Å². The lowest BCUT2D eigenvalue weighted by Crippen LogP contribution is -2.42. The van der Waals surface area contributed by atoms with E-state index in [0.717, 1.165) is 17.0 Å². The SMILES string of the molecule is CC(C)(C)OC(=O)CN(CCCNS(=O)(=O)c1ccccc1[N+](=O)[O-])C(=O)OC(C)(C)C. The van der Waals surface area contributed by atoms with Crippen LogP contribution in [0.15, 0.2) is 29.2 Å². The summed E-state index contributed by atoms with van der Waals surface area (Å²) in [5, 5.41) is 11.1. The van der Waals surface area contributed by atoms with Crippen LogP contribution >= 0.6 is 0 Å². The second-order valence-electron chi connectivity index (χ2n) is 8.96. The first-order valence-electron chi connectivity index (χ1n) is 9.95. The highest BCUT2D eigenvalue weighted by molar-refractivity contribution is 7.89. The first-order chi connectivity index (χ1) is 14.5. The summed E-state index contributed by atoms with van der Waals surface area (Å²) < 4.78 is 37.7. The summed E-state index contributed by atoms with van der Waals surface area (Å²) in [5.74, 6) is -0.635. The van der Waals surface area contributed by atoms with Crippen molar-refractivity contribution in [3.8, 4) is 0 Å². The minimum atomic E-state index is -4.15. The van der Waals surface area contributed by atoms with Crippen LogP contribution in [0.2, 0.25) is 0 Å². The summed E-state index contributed by atoms with van der Waals surface area (Å²) in [5.41, 5.74) is -2.08.